The van der Waals surface area contributed by atoms with Gasteiger partial charge in [-0.15, -0.1) is 0 Å². The van der Waals surface area contributed by atoms with Gasteiger partial charge in [-0.05, 0) is 25.7 Å². The highest BCUT2D eigenvalue weighted by Gasteiger charge is 2.25. The number of hydrogen-bond donors (Lipinski definition) is 1. The van der Waals surface area contributed by atoms with Crippen LogP contribution in [0.3, 0.4) is 0 Å². The summed E-state index contributed by atoms with van der Waals surface area (Å²) in [6.07, 6.45) is 8.54. The monoisotopic (exact) mass is 238 g/mol. The van der Waals surface area contributed by atoms with Crippen LogP contribution < -0.4 is 5.69 Å². The minimum Gasteiger partial charge on any atom is -0.481 e. The molecule has 1 saturated carbocycles. The van der Waals surface area contributed by atoms with Crippen molar-refractivity contribution in [3.63, 3.8) is 0 Å². The molecule has 0 radical (unpaired) electrons. The molecule has 1 heterocycles. The van der Waals surface area contributed by atoms with Crippen LogP contribution in [0, 0.1) is 0 Å². The molecule has 0 atom stereocenters. The number of rotatable bonds is 7. The van der Waals surface area contributed by atoms with Gasteiger partial charge in [0, 0.05) is 31.4 Å². The summed E-state index contributed by atoms with van der Waals surface area (Å²) in [4.78, 5) is 22.2. The summed E-state index contributed by atoms with van der Waals surface area (Å²) in [6, 6.07) is 0.427. The number of aliphatic carboxylic acids is 1. The Morgan fingerprint density at radius 2 is 2.06 bits per heavy atom. The van der Waals surface area contributed by atoms with Crippen LogP contribution in [-0.2, 0) is 11.3 Å². The van der Waals surface area contributed by atoms with E-state index in [2.05, 4.69) is 0 Å². The van der Waals surface area contributed by atoms with Gasteiger partial charge in [0.25, 0.3) is 0 Å². The lowest BCUT2D eigenvalue weighted by Crippen LogP contribution is -2.23. The van der Waals surface area contributed by atoms with E-state index in [-0.39, 0.29) is 12.1 Å². The van der Waals surface area contributed by atoms with E-state index in [4.69, 9.17) is 5.11 Å². The minimum absolute atomic E-state index is 0.0748. The van der Waals surface area contributed by atoms with Crippen molar-refractivity contribution in [1.82, 2.24) is 9.13 Å². The first-order valence-electron chi connectivity index (χ1n) is 6.17. The van der Waals surface area contributed by atoms with Gasteiger partial charge < -0.3 is 5.11 Å². The Labute approximate surface area is 99.7 Å². The van der Waals surface area contributed by atoms with E-state index in [9.17, 15) is 9.59 Å². The highest BCUT2D eigenvalue weighted by Crippen LogP contribution is 2.33. The van der Waals surface area contributed by atoms with Crippen molar-refractivity contribution < 1.29 is 9.90 Å². The SMILES string of the molecule is O=C(O)CCCCCn1ccn(C2CC2)c1=O. The van der Waals surface area contributed by atoms with Gasteiger partial charge in [-0.3, -0.25) is 13.9 Å². The number of imidazole rings is 1. The van der Waals surface area contributed by atoms with E-state index in [0.717, 1.165) is 25.7 Å². The van der Waals surface area contributed by atoms with Crippen LogP contribution in [0.5, 0.6) is 0 Å². The van der Waals surface area contributed by atoms with E-state index in [0.29, 0.717) is 19.0 Å². The molecular formula is C12H18N2O3. The first-order valence-corrected chi connectivity index (χ1v) is 6.17. The quantitative estimate of drug-likeness (QED) is 0.734. The smallest absolute Gasteiger partial charge is 0.328 e. The largest absolute Gasteiger partial charge is 0.481 e. The summed E-state index contributed by atoms with van der Waals surface area (Å²) in [6.45, 7) is 0.693. The van der Waals surface area contributed by atoms with Crippen LogP contribution in [0.4, 0.5) is 0 Å². The molecular weight excluding hydrogens is 220 g/mol. The van der Waals surface area contributed by atoms with Crippen molar-refractivity contribution in [2.24, 2.45) is 0 Å². The van der Waals surface area contributed by atoms with Crippen LogP contribution >= 0.6 is 0 Å². The molecule has 5 heteroatoms. The lowest BCUT2D eigenvalue weighted by Gasteiger charge is -2.01. The van der Waals surface area contributed by atoms with Crippen molar-refractivity contribution in [3.8, 4) is 0 Å². The third-order valence-corrected chi connectivity index (χ3v) is 3.10. The van der Waals surface area contributed by atoms with Crippen molar-refractivity contribution in [3.05, 3.63) is 22.9 Å². The summed E-state index contributed by atoms with van der Waals surface area (Å²) in [5, 5.41) is 8.49. The number of carboxylic acids is 1. The van der Waals surface area contributed by atoms with Crippen molar-refractivity contribution >= 4 is 5.97 Å². The van der Waals surface area contributed by atoms with E-state index < -0.39 is 5.97 Å². The number of unbranched alkanes of at least 4 members (excludes halogenated alkanes) is 2. The first kappa shape index (κ1) is 12.0. The van der Waals surface area contributed by atoms with Gasteiger partial charge in [-0.2, -0.15) is 0 Å². The molecule has 0 aliphatic heterocycles. The zero-order valence-corrected chi connectivity index (χ0v) is 9.84. The van der Waals surface area contributed by atoms with Gasteiger partial charge in [0.2, 0.25) is 0 Å². The van der Waals surface area contributed by atoms with E-state index in [1.165, 1.54) is 0 Å². The van der Waals surface area contributed by atoms with Gasteiger partial charge in [0.15, 0.2) is 0 Å². The number of hydrogen-bond acceptors (Lipinski definition) is 2. The average Bonchev–Trinajstić information content (AvgIpc) is 3.05. The van der Waals surface area contributed by atoms with Crippen molar-refractivity contribution in [2.45, 2.75) is 51.1 Å². The third kappa shape index (κ3) is 3.22. The maximum atomic E-state index is 11.9. The fourth-order valence-corrected chi connectivity index (χ4v) is 1.96. The number of aromatic nitrogens is 2. The summed E-state index contributed by atoms with van der Waals surface area (Å²) < 4.78 is 3.52. The van der Waals surface area contributed by atoms with Crippen molar-refractivity contribution in [1.29, 1.82) is 0 Å². The third-order valence-electron chi connectivity index (χ3n) is 3.10. The number of carboxylic acid groups (broad SMARTS) is 1. The molecule has 1 N–H and O–H groups in total. The van der Waals surface area contributed by atoms with Gasteiger partial charge in [0.1, 0.15) is 0 Å². The fourth-order valence-electron chi connectivity index (χ4n) is 1.96. The average molecular weight is 238 g/mol. The predicted octanol–water partition coefficient (Wildman–Crippen LogP) is 1.63. The van der Waals surface area contributed by atoms with E-state index in [1.54, 1.807) is 9.13 Å². The summed E-state index contributed by atoms with van der Waals surface area (Å²) in [7, 11) is 0. The van der Waals surface area contributed by atoms with Crippen molar-refractivity contribution in [2.75, 3.05) is 0 Å². The summed E-state index contributed by atoms with van der Waals surface area (Å²) in [5.41, 5.74) is 0.0748. The number of aryl methyl sites for hydroxylation is 1. The van der Waals surface area contributed by atoms with Gasteiger partial charge >= 0.3 is 11.7 Å². The zero-order chi connectivity index (χ0) is 12.3. The maximum Gasteiger partial charge on any atom is 0.328 e. The Balaban J connectivity index is 1.75. The van der Waals surface area contributed by atoms with Crippen LogP contribution in [0.25, 0.3) is 0 Å². The van der Waals surface area contributed by atoms with E-state index >= 15 is 0 Å². The Kier molecular flexibility index (Phi) is 3.66. The molecule has 0 bridgehead atoms. The molecule has 2 rings (SSSR count). The molecule has 1 fully saturated rings. The molecule has 1 aromatic rings. The molecule has 0 amide bonds. The second kappa shape index (κ2) is 5.21. The molecule has 0 aromatic carbocycles. The highest BCUT2D eigenvalue weighted by atomic mass is 16.4. The summed E-state index contributed by atoms with van der Waals surface area (Å²) >= 11 is 0. The van der Waals surface area contributed by atoms with E-state index in [1.807, 2.05) is 12.4 Å². The standard InChI is InChI=1S/C12H18N2O3/c15-11(16)4-2-1-3-7-13-8-9-14(12(13)17)10-5-6-10/h8-10H,1-7H2,(H,15,16). The number of nitrogens with zero attached hydrogens (tertiary/aromatic N) is 2. The maximum absolute atomic E-state index is 11.9. The van der Waals surface area contributed by atoms with Crippen LogP contribution in [0.1, 0.15) is 44.6 Å². The predicted molar refractivity (Wildman–Crippen MR) is 63.1 cm³/mol. The van der Waals surface area contributed by atoms with Gasteiger partial charge in [-0.25, -0.2) is 4.79 Å². The Morgan fingerprint density at radius 1 is 1.29 bits per heavy atom. The Hall–Kier alpha value is -1.52. The first-order chi connectivity index (χ1) is 8.18. The molecule has 1 aromatic heterocycles. The molecule has 0 saturated heterocycles. The number of carbonyl (C=O) groups is 1. The molecule has 5 nitrogen and oxygen atoms in total. The molecule has 0 spiro atoms. The highest BCUT2D eigenvalue weighted by molar-refractivity contribution is 5.66. The molecule has 1 aliphatic carbocycles. The molecule has 0 unspecified atom stereocenters. The zero-order valence-electron chi connectivity index (χ0n) is 9.84. The van der Waals surface area contributed by atoms with Crippen LogP contribution in [-0.4, -0.2) is 20.2 Å². The second-order valence-corrected chi connectivity index (χ2v) is 4.62. The Morgan fingerprint density at radius 3 is 2.71 bits per heavy atom. The lowest BCUT2D eigenvalue weighted by molar-refractivity contribution is -0.137. The van der Waals surface area contributed by atoms with Crippen LogP contribution in [0.15, 0.2) is 17.2 Å². The normalized spacial score (nSPS) is 15.1. The molecule has 94 valence electrons. The topological polar surface area (TPSA) is 64.2 Å². The van der Waals surface area contributed by atoms with Crippen LogP contribution in [0.2, 0.25) is 0 Å². The fraction of sp³-hybridized carbons (Fsp3) is 0.667. The molecule has 17 heavy (non-hydrogen) atoms. The molecule has 1 aliphatic rings. The van der Waals surface area contributed by atoms with Gasteiger partial charge in [0.05, 0.1) is 0 Å². The minimum atomic E-state index is -0.748. The lowest BCUT2D eigenvalue weighted by atomic mass is 10.2. The van der Waals surface area contributed by atoms with Gasteiger partial charge in [-0.1, -0.05) is 6.42 Å². The second-order valence-electron chi connectivity index (χ2n) is 4.62. The summed E-state index contributed by atoms with van der Waals surface area (Å²) in [5.74, 6) is -0.748. The Bertz CT molecular complexity index is 443.